The minimum Gasteiger partial charge on any atom is -0.349 e. The molecule has 0 unspecified atom stereocenters. The number of aromatic amines is 2. The Morgan fingerprint density at radius 1 is 1.08 bits per heavy atom. The fourth-order valence-corrected chi connectivity index (χ4v) is 0.882. The van der Waals surface area contributed by atoms with Crippen LogP contribution in [0.25, 0.3) is 0 Å². The summed E-state index contributed by atoms with van der Waals surface area (Å²) in [5.74, 6) is 1.95. The van der Waals surface area contributed by atoms with Gasteiger partial charge in [0, 0.05) is 18.6 Å². The summed E-state index contributed by atoms with van der Waals surface area (Å²) in [5.41, 5.74) is 1.05. The molecule has 0 saturated heterocycles. The molecule has 0 aliphatic heterocycles. The highest BCUT2D eigenvalue weighted by molar-refractivity contribution is 4.95. The monoisotopic (exact) mass is 178 g/mol. The topological polar surface area (TPSA) is 57.4 Å². The number of hydrogen-bond acceptors (Lipinski definition) is 2. The third kappa shape index (κ3) is 3.55. The van der Waals surface area contributed by atoms with E-state index in [9.17, 15) is 0 Å². The Labute approximate surface area is 77.4 Å². The lowest BCUT2D eigenvalue weighted by Crippen LogP contribution is -1.70. The molecule has 0 atom stereocenters. The molecule has 0 aromatic carbocycles. The molecule has 2 aromatic rings. The van der Waals surface area contributed by atoms with Crippen molar-refractivity contribution < 1.29 is 0 Å². The number of imidazole rings is 2. The summed E-state index contributed by atoms with van der Waals surface area (Å²) in [6, 6.07) is 0. The molecule has 0 saturated carbocycles. The van der Waals surface area contributed by atoms with Gasteiger partial charge in [0.05, 0.1) is 5.69 Å². The zero-order valence-corrected chi connectivity index (χ0v) is 8.13. The maximum atomic E-state index is 4.06. The molecule has 0 bridgehead atoms. The first-order chi connectivity index (χ1) is 6.18. The van der Waals surface area contributed by atoms with Crippen molar-refractivity contribution in [3.05, 3.63) is 35.9 Å². The summed E-state index contributed by atoms with van der Waals surface area (Å²) in [4.78, 5) is 13.8. The highest BCUT2D eigenvalue weighted by Crippen LogP contribution is 1.89. The molecule has 2 rings (SSSR count). The maximum Gasteiger partial charge on any atom is 0.103 e. The van der Waals surface area contributed by atoms with Crippen molar-refractivity contribution in [2.45, 2.75) is 20.8 Å². The van der Waals surface area contributed by atoms with Crippen molar-refractivity contribution in [1.29, 1.82) is 0 Å². The number of aryl methyl sites for hydroxylation is 3. The Kier molecular flexibility index (Phi) is 3.25. The van der Waals surface area contributed by atoms with Gasteiger partial charge in [-0.05, 0) is 20.8 Å². The lowest BCUT2D eigenvalue weighted by molar-refractivity contribution is 1.13. The van der Waals surface area contributed by atoms with E-state index in [0.29, 0.717) is 0 Å². The minimum absolute atomic E-state index is 0.968. The van der Waals surface area contributed by atoms with Crippen LogP contribution in [0.5, 0.6) is 0 Å². The van der Waals surface area contributed by atoms with Gasteiger partial charge in [-0.3, -0.25) is 0 Å². The molecule has 0 fully saturated rings. The third-order valence-corrected chi connectivity index (χ3v) is 1.47. The van der Waals surface area contributed by atoms with E-state index in [-0.39, 0.29) is 0 Å². The van der Waals surface area contributed by atoms with Gasteiger partial charge in [0.1, 0.15) is 11.6 Å². The Morgan fingerprint density at radius 3 is 2.00 bits per heavy atom. The lowest BCUT2D eigenvalue weighted by Gasteiger charge is -1.71. The SMILES string of the molecule is Cc1c[nH]c(C)n1.Cc1ncc[nH]1. The van der Waals surface area contributed by atoms with Crippen molar-refractivity contribution in [2.24, 2.45) is 0 Å². The standard InChI is InChI=1S/C5H8N2.C4H6N2/c1-4-3-6-5(2)7-4;1-4-5-2-3-6-4/h3H,1-2H3,(H,6,7);2-3H,1H3,(H,5,6). The normalized spacial score (nSPS) is 9.15. The minimum atomic E-state index is 0.968. The zero-order valence-electron chi connectivity index (χ0n) is 8.13. The van der Waals surface area contributed by atoms with E-state index in [2.05, 4.69) is 19.9 Å². The van der Waals surface area contributed by atoms with Crippen LogP contribution in [0.1, 0.15) is 17.3 Å². The highest BCUT2D eigenvalue weighted by Gasteiger charge is 1.84. The van der Waals surface area contributed by atoms with E-state index >= 15 is 0 Å². The van der Waals surface area contributed by atoms with Gasteiger partial charge < -0.3 is 9.97 Å². The van der Waals surface area contributed by atoms with Crippen molar-refractivity contribution in [3.8, 4) is 0 Å². The molecule has 0 spiro atoms. The molecule has 0 radical (unpaired) electrons. The fourth-order valence-electron chi connectivity index (χ4n) is 0.882. The summed E-state index contributed by atoms with van der Waals surface area (Å²) in [6.45, 7) is 5.82. The molecule has 4 heteroatoms. The van der Waals surface area contributed by atoms with Crippen LogP contribution in [0.2, 0.25) is 0 Å². The summed E-state index contributed by atoms with van der Waals surface area (Å²) < 4.78 is 0. The van der Waals surface area contributed by atoms with Gasteiger partial charge in [-0.1, -0.05) is 0 Å². The van der Waals surface area contributed by atoms with Crippen molar-refractivity contribution in [2.75, 3.05) is 0 Å². The van der Waals surface area contributed by atoms with Crippen LogP contribution < -0.4 is 0 Å². The van der Waals surface area contributed by atoms with Crippen molar-refractivity contribution >= 4 is 0 Å². The highest BCUT2D eigenvalue weighted by atomic mass is 14.9. The molecule has 0 aliphatic carbocycles. The van der Waals surface area contributed by atoms with Crippen LogP contribution in [0.3, 0.4) is 0 Å². The summed E-state index contributed by atoms with van der Waals surface area (Å²) in [7, 11) is 0. The third-order valence-electron chi connectivity index (χ3n) is 1.47. The van der Waals surface area contributed by atoms with E-state index in [1.807, 2.05) is 27.0 Å². The lowest BCUT2D eigenvalue weighted by atomic mass is 10.6. The zero-order chi connectivity index (χ0) is 9.68. The summed E-state index contributed by atoms with van der Waals surface area (Å²) in [6.07, 6.45) is 5.42. The first-order valence-electron chi connectivity index (χ1n) is 4.13. The van der Waals surface area contributed by atoms with Crippen LogP contribution in [-0.4, -0.2) is 19.9 Å². The second kappa shape index (κ2) is 4.45. The van der Waals surface area contributed by atoms with Gasteiger partial charge in [-0.25, -0.2) is 9.97 Å². The predicted octanol–water partition coefficient (Wildman–Crippen LogP) is 1.74. The van der Waals surface area contributed by atoms with Gasteiger partial charge in [0.2, 0.25) is 0 Å². The molecule has 13 heavy (non-hydrogen) atoms. The van der Waals surface area contributed by atoms with Gasteiger partial charge in [0.15, 0.2) is 0 Å². The fraction of sp³-hybridized carbons (Fsp3) is 0.333. The Balaban J connectivity index is 0.000000132. The van der Waals surface area contributed by atoms with Crippen LogP contribution >= 0.6 is 0 Å². The first-order valence-corrected chi connectivity index (χ1v) is 4.13. The Hall–Kier alpha value is -1.58. The first kappa shape index (κ1) is 9.51. The Bertz CT molecular complexity index is 318. The molecule has 70 valence electrons. The quantitative estimate of drug-likeness (QED) is 0.645. The number of nitrogens with one attached hydrogen (secondary N) is 2. The molecular weight excluding hydrogens is 164 g/mol. The smallest absolute Gasteiger partial charge is 0.103 e. The number of rotatable bonds is 0. The van der Waals surface area contributed by atoms with Crippen molar-refractivity contribution in [1.82, 2.24) is 19.9 Å². The molecule has 0 amide bonds. The number of hydrogen-bond donors (Lipinski definition) is 2. The second-order valence-corrected chi connectivity index (χ2v) is 2.80. The van der Waals surface area contributed by atoms with E-state index in [1.54, 1.807) is 12.4 Å². The molecule has 2 heterocycles. The number of nitrogens with zero attached hydrogens (tertiary/aromatic N) is 2. The van der Waals surface area contributed by atoms with E-state index in [0.717, 1.165) is 17.3 Å². The van der Waals surface area contributed by atoms with Gasteiger partial charge in [-0.15, -0.1) is 0 Å². The van der Waals surface area contributed by atoms with Crippen molar-refractivity contribution in [3.63, 3.8) is 0 Å². The average molecular weight is 178 g/mol. The molecule has 4 nitrogen and oxygen atoms in total. The molecule has 2 aromatic heterocycles. The van der Waals surface area contributed by atoms with Crippen LogP contribution in [0, 0.1) is 20.8 Å². The van der Waals surface area contributed by atoms with Crippen LogP contribution in [0.4, 0.5) is 0 Å². The van der Waals surface area contributed by atoms with Gasteiger partial charge in [0.25, 0.3) is 0 Å². The molecule has 2 N–H and O–H groups in total. The predicted molar refractivity (Wildman–Crippen MR) is 51.4 cm³/mol. The van der Waals surface area contributed by atoms with E-state index < -0.39 is 0 Å². The van der Waals surface area contributed by atoms with Crippen LogP contribution in [-0.2, 0) is 0 Å². The number of H-pyrrole nitrogens is 2. The summed E-state index contributed by atoms with van der Waals surface area (Å²) in [5, 5.41) is 0. The van der Waals surface area contributed by atoms with Crippen LogP contribution in [0.15, 0.2) is 18.6 Å². The van der Waals surface area contributed by atoms with E-state index in [1.165, 1.54) is 0 Å². The second-order valence-electron chi connectivity index (χ2n) is 2.80. The number of aromatic nitrogens is 4. The summed E-state index contributed by atoms with van der Waals surface area (Å²) >= 11 is 0. The van der Waals surface area contributed by atoms with E-state index in [4.69, 9.17) is 0 Å². The molecule has 0 aliphatic rings. The van der Waals surface area contributed by atoms with Gasteiger partial charge in [-0.2, -0.15) is 0 Å². The Morgan fingerprint density at radius 2 is 1.85 bits per heavy atom. The maximum absolute atomic E-state index is 4.06. The molecular formula is C9H14N4. The average Bonchev–Trinajstić information content (AvgIpc) is 2.64. The van der Waals surface area contributed by atoms with Gasteiger partial charge >= 0.3 is 0 Å². The largest absolute Gasteiger partial charge is 0.349 e.